The summed E-state index contributed by atoms with van der Waals surface area (Å²) >= 11 is 1.95. The largest absolute Gasteiger partial charge is 0.483 e. The highest BCUT2D eigenvalue weighted by Gasteiger charge is 2.28. The zero-order chi connectivity index (χ0) is 10.1. The smallest absolute Gasteiger partial charge is 0.324 e. The Kier molecular flexibility index (Phi) is 2.58. The van der Waals surface area contributed by atoms with Crippen LogP contribution in [0.15, 0.2) is 18.2 Å². The Labute approximate surface area is 94.5 Å². The lowest BCUT2D eigenvalue weighted by molar-refractivity contribution is -0.386. The van der Waals surface area contributed by atoms with Crippen molar-refractivity contribution in [1.82, 2.24) is 0 Å². The molecule has 0 radical (unpaired) electrons. The molecule has 1 aliphatic carbocycles. The van der Waals surface area contributed by atoms with Crippen LogP contribution in [0.4, 0.5) is 5.69 Å². The lowest BCUT2D eigenvalue weighted by Crippen LogP contribution is -2.01. The fourth-order valence-electron chi connectivity index (χ4n) is 1.13. The van der Waals surface area contributed by atoms with E-state index in [1.807, 2.05) is 22.6 Å². The Morgan fingerprint density at radius 1 is 1.50 bits per heavy atom. The average Bonchev–Trinajstić information content (AvgIpc) is 2.87. The van der Waals surface area contributed by atoms with Gasteiger partial charge in [0, 0.05) is 0 Å². The SMILES string of the molecule is O=[N+]([O-])c1c(I)cccc1OC1CC1. The van der Waals surface area contributed by atoms with Gasteiger partial charge in [-0.3, -0.25) is 10.1 Å². The van der Waals surface area contributed by atoms with Crippen LogP contribution in [0.1, 0.15) is 12.8 Å². The van der Waals surface area contributed by atoms with Gasteiger partial charge in [0.1, 0.15) is 0 Å². The molecule has 2 rings (SSSR count). The highest BCUT2D eigenvalue weighted by molar-refractivity contribution is 14.1. The molecule has 0 saturated heterocycles. The van der Waals surface area contributed by atoms with Gasteiger partial charge in [0.25, 0.3) is 0 Å². The first-order valence-corrected chi connectivity index (χ1v) is 5.36. The molecule has 4 nitrogen and oxygen atoms in total. The van der Waals surface area contributed by atoms with Crippen molar-refractivity contribution in [2.75, 3.05) is 0 Å². The van der Waals surface area contributed by atoms with Crippen molar-refractivity contribution in [3.8, 4) is 5.75 Å². The number of nitrogens with zero attached hydrogens (tertiary/aromatic N) is 1. The minimum absolute atomic E-state index is 0.0833. The normalized spacial score (nSPS) is 15.2. The van der Waals surface area contributed by atoms with Crippen LogP contribution in [0.5, 0.6) is 5.75 Å². The predicted molar refractivity (Wildman–Crippen MR) is 59.5 cm³/mol. The maximum atomic E-state index is 10.8. The Bertz CT molecular complexity index is 376. The molecule has 1 aromatic rings. The van der Waals surface area contributed by atoms with E-state index < -0.39 is 0 Å². The molecule has 74 valence electrons. The number of halogens is 1. The minimum Gasteiger partial charge on any atom is -0.483 e. The van der Waals surface area contributed by atoms with Crippen LogP contribution in [0.25, 0.3) is 0 Å². The van der Waals surface area contributed by atoms with Gasteiger partial charge in [-0.1, -0.05) is 6.07 Å². The summed E-state index contributed by atoms with van der Waals surface area (Å²) in [6, 6.07) is 5.13. The van der Waals surface area contributed by atoms with E-state index in [0.29, 0.717) is 9.32 Å². The van der Waals surface area contributed by atoms with Crippen molar-refractivity contribution in [1.29, 1.82) is 0 Å². The predicted octanol–water partition coefficient (Wildman–Crippen LogP) is 2.74. The Morgan fingerprint density at radius 2 is 2.21 bits per heavy atom. The summed E-state index contributed by atoms with van der Waals surface area (Å²) in [5.41, 5.74) is 0.0833. The monoisotopic (exact) mass is 305 g/mol. The van der Waals surface area contributed by atoms with Gasteiger partial charge in [-0.25, -0.2) is 0 Å². The molecule has 0 atom stereocenters. The van der Waals surface area contributed by atoms with Crippen molar-refractivity contribution in [2.45, 2.75) is 18.9 Å². The maximum absolute atomic E-state index is 10.8. The summed E-state index contributed by atoms with van der Waals surface area (Å²) in [5.74, 6) is 0.393. The Hall–Kier alpha value is -0.850. The molecule has 14 heavy (non-hydrogen) atoms. The van der Waals surface area contributed by atoms with Gasteiger partial charge < -0.3 is 4.74 Å². The number of hydrogen-bond acceptors (Lipinski definition) is 3. The number of rotatable bonds is 3. The van der Waals surface area contributed by atoms with E-state index in [4.69, 9.17) is 4.74 Å². The van der Waals surface area contributed by atoms with E-state index in [1.165, 1.54) is 0 Å². The zero-order valence-corrected chi connectivity index (χ0v) is 9.43. The molecule has 0 unspecified atom stereocenters. The summed E-state index contributed by atoms with van der Waals surface area (Å²) in [6.07, 6.45) is 2.19. The van der Waals surface area contributed by atoms with Gasteiger partial charge in [0.05, 0.1) is 14.6 Å². The summed E-state index contributed by atoms with van der Waals surface area (Å²) in [6.45, 7) is 0. The van der Waals surface area contributed by atoms with E-state index in [0.717, 1.165) is 12.8 Å². The van der Waals surface area contributed by atoms with Crippen molar-refractivity contribution < 1.29 is 9.66 Å². The average molecular weight is 305 g/mol. The number of benzene rings is 1. The molecule has 0 amide bonds. The first-order valence-electron chi connectivity index (χ1n) is 4.28. The molecule has 0 aromatic heterocycles. The summed E-state index contributed by atoms with van der Waals surface area (Å²) in [4.78, 5) is 10.4. The maximum Gasteiger partial charge on any atom is 0.324 e. The van der Waals surface area contributed by atoms with Gasteiger partial charge in [-0.15, -0.1) is 0 Å². The van der Waals surface area contributed by atoms with E-state index in [9.17, 15) is 10.1 Å². The lowest BCUT2D eigenvalue weighted by atomic mass is 10.3. The number of hydrogen-bond donors (Lipinski definition) is 0. The quantitative estimate of drug-likeness (QED) is 0.490. The summed E-state index contributed by atoms with van der Waals surface area (Å²) < 4.78 is 6.07. The molecular formula is C9H8INO3. The van der Waals surface area contributed by atoms with Gasteiger partial charge in [0.15, 0.2) is 5.75 Å². The minimum atomic E-state index is -0.389. The molecule has 0 spiro atoms. The third-order valence-corrected chi connectivity index (χ3v) is 2.82. The fourth-order valence-corrected chi connectivity index (χ4v) is 1.80. The number of ether oxygens (including phenoxy) is 1. The second-order valence-corrected chi connectivity index (χ2v) is 4.32. The Balaban J connectivity index is 2.35. The molecular weight excluding hydrogens is 297 g/mol. The first kappa shape index (κ1) is 9.70. The van der Waals surface area contributed by atoms with Gasteiger partial charge in [-0.05, 0) is 47.6 Å². The van der Waals surface area contributed by atoms with E-state index in [1.54, 1.807) is 18.2 Å². The van der Waals surface area contributed by atoms with Crippen LogP contribution in [0.2, 0.25) is 0 Å². The first-order chi connectivity index (χ1) is 6.68. The van der Waals surface area contributed by atoms with Crippen LogP contribution >= 0.6 is 22.6 Å². The third-order valence-electron chi connectivity index (χ3n) is 1.95. The van der Waals surface area contributed by atoms with Crippen LogP contribution in [0.3, 0.4) is 0 Å². The molecule has 5 heteroatoms. The molecule has 1 aliphatic rings. The summed E-state index contributed by atoms with van der Waals surface area (Å²) in [5, 5.41) is 10.8. The van der Waals surface area contributed by atoms with Crippen LogP contribution in [-0.4, -0.2) is 11.0 Å². The molecule has 0 aliphatic heterocycles. The van der Waals surface area contributed by atoms with Crippen LogP contribution < -0.4 is 4.74 Å². The van der Waals surface area contributed by atoms with E-state index in [2.05, 4.69) is 0 Å². The Morgan fingerprint density at radius 3 is 2.79 bits per heavy atom. The molecule has 0 bridgehead atoms. The molecule has 0 heterocycles. The standard InChI is InChI=1S/C9H8INO3/c10-7-2-1-3-8(9(7)11(12)13)14-6-4-5-6/h1-3,6H,4-5H2. The van der Waals surface area contributed by atoms with Crippen LogP contribution in [0, 0.1) is 13.7 Å². The van der Waals surface area contributed by atoms with Crippen molar-refractivity contribution in [3.63, 3.8) is 0 Å². The number of nitro benzene ring substituents is 1. The van der Waals surface area contributed by atoms with E-state index in [-0.39, 0.29) is 16.7 Å². The lowest BCUT2D eigenvalue weighted by Gasteiger charge is -2.05. The van der Waals surface area contributed by atoms with Crippen molar-refractivity contribution in [2.24, 2.45) is 0 Å². The van der Waals surface area contributed by atoms with Crippen molar-refractivity contribution in [3.05, 3.63) is 31.9 Å². The molecule has 0 N–H and O–H groups in total. The fraction of sp³-hybridized carbons (Fsp3) is 0.333. The van der Waals surface area contributed by atoms with Gasteiger partial charge >= 0.3 is 5.69 Å². The number of nitro groups is 1. The molecule has 1 saturated carbocycles. The van der Waals surface area contributed by atoms with Crippen LogP contribution in [-0.2, 0) is 0 Å². The summed E-state index contributed by atoms with van der Waals surface area (Å²) in [7, 11) is 0. The number of para-hydroxylation sites is 1. The van der Waals surface area contributed by atoms with Gasteiger partial charge in [-0.2, -0.15) is 0 Å². The van der Waals surface area contributed by atoms with E-state index >= 15 is 0 Å². The second-order valence-electron chi connectivity index (χ2n) is 3.16. The second kappa shape index (κ2) is 3.72. The molecule has 1 fully saturated rings. The topological polar surface area (TPSA) is 52.4 Å². The highest BCUT2D eigenvalue weighted by Crippen LogP contribution is 2.35. The zero-order valence-electron chi connectivity index (χ0n) is 7.27. The highest BCUT2D eigenvalue weighted by atomic mass is 127. The van der Waals surface area contributed by atoms with Gasteiger partial charge in [0.2, 0.25) is 0 Å². The third kappa shape index (κ3) is 1.97. The van der Waals surface area contributed by atoms with Crippen molar-refractivity contribution >= 4 is 28.3 Å². The molecule has 1 aromatic carbocycles.